The fourth-order valence-electron chi connectivity index (χ4n) is 2.99. The van der Waals surface area contributed by atoms with Crippen LogP contribution in [0.2, 0.25) is 0 Å². The van der Waals surface area contributed by atoms with Crippen molar-refractivity contribution in [3.63, 3.8) is 0 Å². The fourth-order valence-corrected chi connectivity index (χ4v) is 2.99. The normalized spacial score (nSPS) is 19.5. The Kier molecular flexibility index (Phi) is 4.02. The van der Waals surface area contributed by atoms with Crippen LogP contribution in [0.4, 0.5) is 0 Å². The molecular formula is C15H18LiN. The topological polar surface area (TPSA) is 14.1 Å². The van der Waals surface area contributed by atoms with Gasteiger partial charge < -0.3 is 4.98 Å². The summed E-state index contributed by atoms with van der Waals surface area (Å²) in [6.45, 7) is 2.29. The van der Waals surface area contributed by atoms with Crippen molar-refractivity contribution >= 4 is 10.9 Å². The van der Waals surface area contributed by atoms with Crippen LogP contribution in [-0.2, 0) is 6.42 Å². The molecule has 1 atom stereocenters. The van der Waals surface area contributed by atoms with Crippen molar-refractivity contribution in [3.8, 4) is 0 Å². The third-order valence-corrected chi connectivity index (χ3v) is 3.89. The molecule has 0 N–H and O–H groups in total. The molecule has 0 spiro atoms. The van der Waals surface area contributed by atoms with Crippen LogP contribution in [-0.4, -0.2) is 0 Å². The van der Waals surface area contributed by atoms with Crippen molar-refractivity contribution in [3.05, 3.63) is 35.5 Å². The molecule has 0 aliphatic heterocycles. The van der Waals surface area contributed by atoms with Gasteiger partial charge >= 0.3 is 18.9 Å². The number of fused-ring (bicyclic) bond motifs is 3. The SMILES string of the molecule is CCC1CCCCc2c1[n-]c1ccccc21.[Li+]. The Morgan fingerprint density at radius 3 is 2.88 bits per heavy atom. The van der Waals surface area contributed by atoms with E-state index in [1.807, 2.05) is 0 Å². The van der Waals surface area contributed by atoms with Gasteiger partial charge in [-0.25, -0.2) is 0 Å². The quantitative estimate of drug-likeness (QED) is 0.516. The van der Waals surface area contributed by atoms with Gasteiger partial charge in [0.15, 0.2) is 0 Å². The summed E-state index contributed by atoms with van der Waals surface area (Å²) in [6, 6.07) is 8.61. The molecule has 0 bridgehead atoms. The number of hydrogen-bond acceptors (Lipinski definition) is 0. The van der Waals surface area contributed by atoms with Gasteiger partial charge in [-0.05, 0) is 30.6 Å². The molecule has 1 aliphatic rings. The molecule has 1 unspecified atom stereocenters. The van der Waals surface area contributed by atoms with Gasteiger partial charge in [0.05, 0.1) is 0 Å². The van der Waals surface area contributed by atoms with Gasteiger partial charge in [-0.3, -0.25) is 0 Å². The van der Waals surface area contributed by atoms with E-state index < -0.39 is 0 Å². The molecule has 0 saturated carbocycles. The Balaban J connectivity index is 0.00000108. The van der Waals surface area contributed by atoms with Crippen molar-refractivity contribution < 1.29 is 18.9 Å². The molecule has 1 nitrogen and oxygen atoms in total. The molecule has 84 valence electrons. The average molecular weight is 219 g/mol. The van der Waals surface area contributed by atoms with Crippen LogP contribution in [0.15, 0.2) is 24.3 Å². The first-order valence-electron chi connectivity index (χ1n) is 6.44. The van der Waals surface area contributed by atoms with E-state index in [-0.39, 0.29) is 18.9 Å². The maximum absolute atomic E-state index is 4.87. The molecule has 0 saturated heterocycles. The van der Waals surface area contributed by atoms with E-state index in [4.69, 9.17) is 4.98 Å². The average Bonchev–Trinajstić information content (AvgIpc) is 2.56. The number of benzene rings is 1. The molecule has 0 fully saturated rings. The maximum Gasteiger partial charge on any atom is 1.00 e. The number of hydrogen-bond donors (Lipinski definition) is 0. The van der Waals surface area contributed by atoms with Crippen LogP contribution < -0.4 is 23.8 Å². The molecular weight excluding hydrogens is 201 g/mol. The van der Waals surface area contributed by atoms with Crippen LogP contribution in [0.25, 0.3) is 10.9 Å². The first kappa shape index (κ1) is 12.8. The molecule has 1 aliphatic carbocycles. The third kappa shape index (κ3) is 2.19. The number of aryl methyl sites for hydroxylation is 1. The van der Waals surface area contributed by atoms with Crippen molar-refractivity contribution in [1.82, 2.24) is 4.98 Å². The van der Waals surface area contributed by atoms with Crippen LogP contribution in [0.1, 0.15) is 49.8 Å². The predicted octanol–water partition coefficient (Wildman–Crippen LogP) is 1.02. The minimum absolute atomic E-state index is 0. The van der Waals surface area contributed by atoms with Gasteiger partial charge in [0.25, 0.3) is 0 Å². The van der Waals surface area contributed by atoms with E-state index in [0.29, 0.717) is 5.92 Å². The summed E-state index contributed by atoms with van der Waals surface area (Å²) in [4.78, 5) is 4.87. The van der Waals surface area contributed by atoms with E-state index in [9.17, 15) is 0 Å². The Morgan fingerprint density at radius 2 is 2.06 bits per heavy atom. The molecule has 0 amide bonds. The van der Waals surface area contributed by atoms with E-state index in [0.717, 1.165) is 0 Å². The third-order valence-electron chi connectivity index (χ3n) is 3.89. The number of nitrogens with zero attached hydrogens (tertiary/aromatic N) is 1. The van der Waals surface area contributed by atoms with Crippen LogP contribution in [0.5, 0.6) is 0 Å². The summed E-state index contributed by atoms with van der Waals surface area (Å²) >= 11 is 0. The second-order valence-corrected chi connectivity index (χ2v) is 4.84. The Labute approximate surface area is 115 Å². The summed E-state index contributed by atoms with van der Waals surface area (Å²) in [6.07, 6.45) is 6.48. The first-order chi connectivity index (χ1) is 7.90. The van der Waals surface area contributed by atoms with Crippen molar-refractivity contribution in [1.29, 1.82) is 0 Å². The predicted molar refractivity (Wildman–Crippen MR) is 67.9 cm³/mol. The number of para-hydroxylation sites is 1. The summed E-state index contributed by atoms with van der Waals surface area (Å²) in [7, 11) is 0. The zero-order valence-electron chi connectivity index (χ0n) is 10.9. The summed E-state index contributed by atoms with van der Waals surface area (Å²) in [5.41, 5.74) is 4.15. The number of aromatic nitrogens is 1. The smallest absolute Gasteiger partial charge is 0.660 e. The Morgan fingerprint density at radius 1 is 1.24 bits per heavy atom. The maximum atomic E-state index is 4.87. The van der Waals surface area contributed by atoms with Gasteiger partial charge in [0, 0.05) is 0 Å². The Hall–Kier alpha value is -0.643. The molecule has 2 aromatic rings. The second kappa shape index (κ2) is 5.34. The fraction of sp³-hybridized carbons (Fsp3) is 0.467. The van der Waals surface area contributed by atoms with Gasteiger partial charge in [-0.15, -0.1) is 5.52 Å². The summed E-state index contributed by atoms with van der Waals surface area (Å²) in [5.74, 6) is 0.699. The zero-order valence-corrected chi connectivity index (χ0v) is 10.9. The van der Waals surface area contributed by atoms with E-state index in [1.54, 1.807) is 5.56 Å². The van der Waals surface area contributed by atoms with Gasteiger partial charge in [-0.2, -0.15) is 5.69 Å². The van der Waals surface area contributed by atoms with Gasteiger partial charge in [0.2, 0.25) is 0 Å². The van der Waals surface area contributed by atoms with Crippen molar-refractivity contribution in [2.45, 2.75) is 44.9 Å². The van der Waals surface area contributed by atoms with Crippen LogP contribution >= 0.6 is 0 Å². The zero-order chi connectivity index (χ0) is 11.0. The Bertz CT molecular complexity index is 501. The van der Waals surface area contributed by atoms with E-state index >= 15 is 0 Å². The largest absolute Gasteiger partial charge is 1.00 e. The molecule has 1 aromatic carbocycles. The van der Waals surface area contributed by atoms with Crippen LogP contribution in [0, 0.1) is 0 Å². The minimum Gasteiger partial charge on any atom is -0.660 e. The monoisotopic (exact) mass is 219 g/mol. The molecule has 3 rings (SSSR count). The van der Waals surface area contributed by atoms with Crippen molar-refractivity contribution in [2.75, 3.05) is 0 Å². The van der Waals surface area contributed by atoms with E-state index in [1.165, 1.54) is 48.7 Å². The summed E-state index contributed by atoms with van der Waals surface area (Å²) < 4.78 is 0. The summed E-state index contributed by atoms with van der Waals surface area (Å²) in [5, 5.41) is 1.40. The molecule has 2 heteroatoms. The molecule has 0 radical (unpaired) electrons. The van der Waals surface area contributed by atoms with Gasteiger partial charge in [0.1, 0.15) is 0 Å². The van der Waals surface area contributed by atoms with Gasteiger partial charge in [-0.1, -0.05) is 49.6 Å². The first-order valence-corrected chi connectivity index (χ1v) is 6.44. The second-order valence-electron chi connectivity index (χ2n) is 4.84. The molecule has 1 heterocycles. The molecule has 1 aromatic heterocycles. The van der Waals surface area contributed by atoms with Crippen molar-refractivity contribution in [2.24, 2.45) is 0 Å². The standard InChI is InChI=1S/C15H18N.Li/c1-2-11-7-3-4-9-13-12-8-5-6-10-14(12)16-15(11)13;/h5-6,8,10-11H,2-4,7,9H2,1H3;/q-1;+1. The van der Waals surface area contributed by atoms with Crippen LogP contribution in [0.3, 0.4) is 0 Å². The minimum atomic E-state index is 0. The number of rotatable bonds is 1. The molecule has 17 heavy (non-hydrogen) atoms. The van der Waals surface area contributed by atoms with E-state index in [2.05, 4.69) is 31.2 Å².